The van der Waals surface area contributed by atoms with Gasteiger partial charge in [-0.1, -0.05) is 13.8 Å². The van der Waals surface area contributed by atoms with E-state index >= 15 is 0 Å². The number of rotatable bonds is 4. The van der Waals surface area contributed by atoms with Gasteiger partial charge in [0.15, 0.2) is 5.95 Å². The molecule has 1 heterocycles. The summed E-state index contributed by atoms with van der Waals surface area (Å²) in [6.45, 7) is 5.35. The first-order valence-corrected chi connectivity index (χ1v) is 5.13. The van der Waals surface area contributed by atoms with E-state index in [0.29, 0.717) is 11.2 Å². The van der Waals surface area contributed by atoms with Gasteiger partial charge in [0.25, 0.3) is 0 Å². The Morgan fingerprint density at radius 3 is 2.92 bits per heavy atom. The second kappa shape index (κ2) is 4.40. The van der Waals surface area contributed by atoms with Crippen LogP contribution < -0.4 is 5.73 Å². The molecule has 68 valence electrons. The van der Waals surface area contributed by atoms with Gasteiger partial charge in [0, 0.05) is 24.7 Å². The quantitative estimate of drug-likeness (QED) is 0.775. The zero-order valence-corrected chi connectivity index (χ0v) is 8.34. The van der Waals surface area contributed by atoms with E-state index in [1.54, 1.807) is 6.20 Å². The number of thioether (sulfide) groups is 1. The highest BCUT2D eigenvalue weighted by atomic mass is 32.2. The Labute approximate surface area is 77.4 Å². The number of aryl methyl sites for hydroxylation is 1. The molecule has 0 atom stereocenters. The molecule has 0 aromatic carbocycles. The Hall–Kier alpha value is -0.640. The summed E-state index contributed by atoms with van der Waals surface area (Å²) in [6, 6.07) is 0. The molecule has 1 aromatic heterocycles. The molecule has 0 unspecified atom stereocenters. The van der Waals surface area contributed by atoms with Crippen LogP contribution in [0.15, 0.2) is 12.4 Å². The van der Waals surface area contributed by atoms with E-state index in [1.807, 2.05) is 22.5 Å². The van der Waals surface area contributed by atoms with Gasteiger partial charge >= 0.3 is 0 Å². The topological polar surface area (TPSA) is 43.8 Å². The molecule has 0 aliphatic heterocycles. The average Bonchev–Trinajstić information content (AvgIpc) is 2.36. The minimum atomic E-state index is 0.611. The smallest absolute Gasteiger partial charge is 0.200 e. The molecule has 1 rings (SSSR count). The van der Waals surface area contributed by atoms with Crippen molar-refractivity contribution in [2.75, 3.05) is 11.5 Å². The molecule has 0 spiro atoms. The Morgan fingerprint density at radius 1 is 1.67 bits per heavy atom. The summed E-state index contributed by atoms with van der Waals surface area (Å²) in [5, 5.41) is 0.690. The third kappa shape index (κ3) is 2.77. The van der Waals surface area contributed by atoms with Crippen LogP contribution in [0.2, 0.25) is 0 Å². The number of hydrogen-bond donors (Lipinski definition) is 1. The molecule has 0 aliphatic rings. The first-order valence-electron chi connectivity index (χ1n) is 4.08. The van der Waals surface area contributed by atoms with Crippen molar-refractivity contribution in [2.45, 2.75) is 25.6 Å². The summed E-state index contributed by atoms with van der Waals surface area (Å²) >= 11 is 1.93. The van der Waals surface area contributed by atoms with Crippen molar-refractivity contribution in [2.24, 2.45) is 0 Å². The number of imidazole rings is 1. The van der Waals surface area contributed by atoms with Gasteiger partial charge in [-0.3, -0.25) is 0 Å². The molecule has 1 aromatic rings. The Morgan fingerprint density at radius 2 is 2.42 bits per heavy atom. The standard InChI is InChI=1S/C8H15N3S/c1-7(2)12-6-5-11-4-3-10-8(11)9/h3-4,7H,5-6H2,1-2H3,(H2,9,10). The number of nitrogens with two attached hydrogens (primary N) is 1. The minimum absolute atomic E-state index is 0.611. The molecule has 0 aliphatic carbocycles. The van der Waals surface area contributed by atoms with Crippen molar-refractivity contribution in [3.63, 3.8) is 0 Å². The van der Waals surface area contributed by atoms with Crippen LogP contribution >= 0.6 is 11.8 Å². The number of hydrogen-bond acceptors (Lipinski definition) is 3. The van der Waals surface area contributed by atoms with Crippen LogP contribution in [0, 0.1) is 0 Å². The average molecular weight is 185 g/mol. The molecule has 0 amide bonds. The van der Waals surface area contributed by atoms with Crippen molar-refractivity contribution >= 4 is 17.7 Å². The predicted octanol–water partition coefficient (Wildman–Crippen LogP) is 1.61. The Kier molecular flexibility index (Phi) is 3.47. The maximum absolute atomic E-state index is 5.60. The third-order valence-corrected chi connectivity index (χ3v) is 2.62. The van der Waals surface area contributed by atoms with Crippen LogP contribution in [0.25, 0.3) is 0 Å². The second-order valence-corrected chi connectivity index (χ2v) is 4.58. The van der Waals surface area contributed by atoms with Crippen molar-refractivity contribution < 1.29 is 0 Å². The zero-order chi connectivity index (χ0) is 8.97. The zero-order valence-electron chi connectivity index (χ0n) is 7.53. The van der Waals surface area contributed by atoms with E-state index in [2.05, 4.69) is 18.8 Å². The molecule has 0 radical (unpaired) electrons. The molecule has 12 heavy (non-hydrogen) atoms. The van der Waals surface area contributed by atoms with Gasteiger partial charge < -0.3 is 10.3 Å². The van der Waals surface area contributed by atoms with Crippen molar-refractivity contribution in [1.29, 1.82) is 0 Å². The van der Waals surface area contributed by atoms with E-state index in [0.717, 1.165) is 12.3 Å². The molecular weight excluding hydrogens is 170 g/mol. The first-order chi connectivity index (χ1) is 5.70. The van der Waals surface area contributed by atoms with Gasteiger partial charge in [-0.05, 0) is 5.25 Å². The first kappa shape index (κ1) is 9.45. The largest absolute Gasteiger partial charge is 0.369 e. The minimum Gasteiger partial charge on any atom is -0.369 e. The highest BCUT2D eigenvalue weighted by molar-refractivity contribution is 7.99. The lowest BCUT2D eigenvalue weighted by Crippen LogP contribution is -2.05. The number of nitrogens with zero attached hydrogens (tertiary/aromatic N) is 2. The number of anilines is 1. The maximum Gasteiger partial charge on any atom is 0.200 e. The van der Waals surface area contributed by atoms with E-state index in [9.17, 15) is 0 Å². The highest BCUT2D eigenvalue weighted by Gasteiger charge is 1.98. The molecule has 0 bridgehead atoms. The summed E-state index contributed by atoms with van der Waals surface area (Å²) in [5.74, 6) is 1.71. The van der Waals surface area contributed by atoms with E-state index in [1.165, 1.54) is 0 Å². The van der Waals surface area contributed by atoms with Gasteiger partial charge in [-0.15, -0.1) is 0 Å². The Bertz CT molecular complexity index is 232. The van der Waals surface area contributed by atoms with Gasteiger partial charge in [-0.2, -0.15) is 11.8 Å². The van der Waals surface area contributed by atoms with Gasteiger partial charge in [0.1, 0.15) is 0 Å². The maximum atomic E-state index is 5.60. The fourth-order valence-electron chi connectivity index (χ4n) is 0.917. The third-order valence-electron chi connectivity index (χ3n) is 1.53. The summed E-state index contributed by atoms with van der Waals surface area (Å²) in [4.78, 5) is 3.95. The summed E-state index contributed by atoms with van der Waals surface area (Å²) in [7, 11) is 0. The second-order valence-electron chi connectivity index (χ2n) is 2.90. The van der Waals surface area contributed by atoms with Crippen LogP contribution in [0.4, 0.5) is 5.95 Å². The van der Waals surface area contributed by atoms with Gasteiger partial charge in [0.05, 0.1) is 0 Å². The monoisotopic (exact) mass is 185 g/mol. The molecule has 4 heteroatoms. The van der Waals surface area contributed by atoms with E-state index in [4.69, 9.17) is 5.73 Å². The molecule has 0 saturated heterocycles. The van der Waals surface area contributed by atoms with Crippen LogP contribution in [0.1, 0.15) is 13.8 Å². The summed E-state index contributed by atoms with van der Waals surface area (Å²) in [6.07, 6.45) is 3.64. The number of aromatic nitrogens is 2. The fraction of sp³-hybridized carbons (Fsp3) is 0.625. The van der Waals surface area contributed by atoms with Gasteiger partial charge in [0.2, 0.25) is 0 Å². The molecular formula is C8H15N3S. The van der Waals surface area contributed by atoms with Crippen LogP contribution in [0.3, 0.4) is 0 Å². The van der Waals surface area contributed by atoms with Crippen molar-refractivity contribution in [1.82, 2.24) is 9.55 Å². The molecule has 0 fully saturated rings. The van der Waals surface area contributed by atoms with Gasteiger partial charge in [-0.25, -0.2) is 4.98 Å². The van der Waals surface area contributed by atoms with Crippen LogP contribution in [-0.2, 0) is 6.54 Å². The lowest BCUT2D eigenvalue weighted by Gasteiger charge is -2.06. The fourth-order valence-corrected chi connectivity index (χ4v) is 1.69. The normalized spacial score (nSPS) is 10.9. The Balaban J connectivity index is 2.29. The molecule has 2 N–H and O–H groups in total. The van der Waals surface area contributed by atoms with Crippen LogP contribution in [0.5, 0.6) is 0 Å². The lowest BCUT2D eigenvalue weighted by molar-refractivity contribution is 0.782. The molecule has 3 nitrogen and oxygen atoms in total. The van der Waals surface area contributed by atoms with E-state index < -0.39 is 0 Å². The van der Waals surface area contributed by atoms with E-state index in [-0.39, 0.29) is 0 Å². The van der Waals surface area contributed by atoms with Crippen molar-refractivity contribution in [3.8, 4) is 0 Å². The summed E-state index contributed by atoms with van der Waals surface area (Å²) < 4.78 is 1.97. The number of nitrogen functional groups attached to an aromatic ring is 1. The predicted molar refractivity (Wildman–Crippen MR) is 54.2 cm³/mol. The van der Waals surface area contributed by atoms with Crippen molar-refractivity contribution in [3.05, 3.63) is 12.4 Å². The lowest BCUT2D eigenvalue weighted by atomic mass is 10.6. The summed E-state index contributed by atoms with van der Waals surface area (Å²) in [5.41, 5.74) is 5.60. The molecule has 0 saturated carbocycles. The highest BCUT2D eigenvalue weighted by Crippen LogP contribution is 2.10. The SMILES string of the molecule is CC(C)SCCn1ccnc1N. The van der Waals surface area contributed by atoms with Crippen LogP contribution in [-0.4, -0.2) is 20.6 Å².